The van der Waals surface area contributed by atoms with Gasteiger partial charge in [-0.1, -0.05) is 12.8 Å². The molecule has 1 aliphatic rings. The van der Waals surface area contributed by atoms with E-state index in [0.29, 0.717) is 12.3 Å². The monoisotopic (exact) mass is 432 g/mol. The molecule has 1 atom stereocenters. The van der Waals surface area contributed by atoms with Crippen LogP contribution in [0.2, 0.25) is 0 Å². The molecule has 0 N–H and O–H groups in total. The average Bonchev–Trinajstić information content (AvgIpc) is 3.34. The molecule has 0 saturated heterocycles. The first-order valence-electron chi connectivity index (χ1n) is 8.17. The Morgan fingerprint density at radius 2 is 2.17 bits per heavy atom. The van der Waals surface area contributed by atoms with Crippen molar-refractivity contribution in [2.45, 2.75) is 38.1 Å². The van der Waals surface area contributed by atoms with E-state index in [0.717, 1.165) is 22.3 Å². The molecule has 7 heteroatoms. The summed E-state index contributed by atoms with van der Waals surface area (Å²) >= 11 is 2.21. The van der Waals surface area contributed by atoms with Crippen LogP contribution >= 0.6 is 22.9 Å². The lowest BCUT2D eigenvalue weighted by molar-refractivity contribution is 0.315. The van der Waals surface area contributed by atoms with Gasteiger partial charge < -0.3 is 0 Å². The molecular formula is C17H17IN6. The first kappa shape index (κ1) is 15.6. The lowest BCUT2D eigenvalue weighted by Crippen LogP contribution is -2.17. The molecule has 3 heterocycles. The van der Waals surface area contributed by atoms with E-state index in [-0.39, 0.29) is 6.04 Å². The van der Waals surface area contributed by atoms with Crippen molar-refractivity contribution >= 4 is 33.9 Å². The lowest BCUT2D eigenvalue weighted by atomic mass is 9.96. The van der Waals surface area contributed by atoms with E-state index in [9.17, 15) is 5.26 Å². The van der Waals surface area contributed by atoms with Crippen LogP contribution in [-0.4, -0.2) is 22.5 Å². The van der Waals surface area contributed by atoms with E-state index in [1.165, 1.54) is 25.7 Å². The molecule has 122 valence electrons. The maximum Gasteiger partial charge on any atom is 0.152 e. The summed E-state index contributed by atoms with van der Waals surface area (Å²) in [6.07, 6.45) is 12.9. The third kappa shape index (κ3) is 2.69. The highest BCUT2D eigenvalue weighted by molar-refractivity contribution is 14.1. The SMILES string of the molecule is N#CCC(C1CCCC1)n1cc(-c2ncnc3c2ccn3I)cn1. The second kappa shape index (κ2) is 6.51. The van der Waals surface area contributed by atoms with Gasteiger partial charge in [-0.05, 0) is 24.8 Å². The summed E-state index contributed by atoms with van der Waals surface area (Å²) in [6.45, 7) is 0. The van der Waals surface area contributed by atoms with Gasteiger partial charge in [0.25, 0.3) is 0 Å². The first-order chi connectivity index (χ1) is 11.8. The van der Waals surface area contributed by atoms with Gasteiger partial charge in [-0.25, -0.2) is 9.97 Å². The van der Waals surface area contributed by atoms with Crippen molar-refractivity contribution in [2.75, 3.05) is 0 Å². The molecular weight excluding hydrogens is 415 g/mol. The molecule has 0 radical (unpaired) electrons. The standard InChI is InChI=1S/C17H17IN6/c18-23-8-6-14-16(20-11-21-17(14)23)13-9-22-24(10-13)15(5-7-19)12-3-1-2-4-12/h6,8-12,15H,1-5H2. The van der Waals surface area contributed by atoms with Crippen LogP contribution < -0.4 is 0 Å². The highest BCUT2D eigenvalue weighted by atomic mass is 127. The zero-order valence-corrected chi connectivity index (χ0v) is 15.3. The molecule has 0 aromatic carbocycles. The summed E-state index contributed by atoms with van der Waals surface area (Å²) in [7, 11) is 0. The van der Waals surface area contributed by atoms with Crippen LogP contribution in [0, 0.1) is 17.2 Å². The predicted octanol–water partition coefficient (Wildman–Crippen LogP) is 4.14. The number of nitrogens with zero attached hydrogens (tertiary/aromatic N) is 6. The fourth-order valence-corrected chi connectivity index (χ4v) is 4.25. The Morgan fingerprint density at radius 3 is 2.96 bits per heavy atom. The van der Waals surface area contributed by atoms with Gasteiger partial charge in [-0.15, -0.1) is 0 Å². The van der Waals surface area contributed by atoms with Crippen LogP contribution in [0.1, 0.15) is 38.1 Å². The fraction of sp³-hybridized carbons (Fsp3) is 0.412. The maximum atomic E-state index is 9.21. The maximum absolute atomic E-state index is 9.21. The minimum Gasteiger partial charge on any atom is -0.273 e. The lowest BCUT2D eigenvalue weighted by Gasteiger charge is -2.21. The number of fused-ring (bicyclic) bond motifs is 1. The summed E-state index contributed by atoms with van der Waals surface area (Å²) < 4.78 is 3.93. The van der Waals surface area contributed by atoms with E-state index in [1.54, 1.807) is 6.33 Å². The Balaban J connectivity index is 1.72. The van der Waals surface area contributed by atoms with Gasteiger partial charge in [0.05, 0.1) is 53.3 Å². The zero-order chi connectivity index (χ0) is 16.5. The molecule has 4 rings (SSSR count). The van der Waals surface area contributed by atoms with Gasteiger partial charge in [-0.3, -0.25) is 7.46 Å². The van der Waals surface area contributed by atoms with Crippen molar-refractivity contribution in [3.63, 3.8) is 0 Å². The summed E-state index contributed by atoms with van der Waals surface area (Å²) in [5, 5.41) is 14.8. The highest BCUT2D eigenvalue weighted by Crippen LogP contribution is 2.36. The van der Waals surface area contributed by atoms with Gasteiger partial charge in [0, 0.05) is 23.3 Å². The molecule has 6 nitrogen and oxygen atoms in total. The topological polar surface area (TPSA) is 72.3 Å². The van der Waals surface area contributed by atoms with Crippen molar-refractivity contribution in [1.29, 1.82) is 5.26 Å². The molecule has 1 unspecified atom stereocenters. The molecule has 0 bridgehead atoms. The van der Waals surface area contributed by atoms with Gasteiger partial charge in [0.15, 0.2) is 5.65 Å². The highest BCUT2D eigenvalue weighted by Gasteiger charge is 2.27. The largest absolute Gasteiger partial charge is 0.273 e. The van der Waals surface area contributed by atoms with Gasteiger partial charge in [0.2, 0.25) is 0 Å². The van der Waals surface area contributed by atoms with E-state index >= 15 is 0 Å². The fourth-order valence-electron chi connectivity index (χ4n) is 3.70. The number of nitriles is 1. The zero-order valence-electron chi connectivity index (χ0n) is 13.1. The first-order valence-corrected chi connectivity index (χ1v) is 9.14. The van der Waals surface area contributed by atoms with E-state index in [4.69, 9.17) is 0 Å². The van der Waals surface area contributed by atoms with Crippen LogP contribution in [0.5, 0.6) is 0 Å². The Hall–Kier alpha value is -1.95. The third-order valence-corrected chi connectivity index (χ3v) is 5.68. The molecule has 3 aromatic rings. The minimum atomic E-state index is 0.165. The Labute approximate surface area is 154 Å². The summed E-state index contributed by atoms with van der Waals surface area (Å²) in [6, 6.07) is 4.52. The van der Waals surface area contributed by atoms with Crippen molar-refractivity contribution in [3.8, 4) is 17.3 Å². The van der Waals surface area contributed by atoms with Crippen molar-refractivity contribution in [2.24, 2.45) is 5.92 Å². The summed E-state index contributed by atoms with van der Waals surface area (Å²) in [5.41, 5.74) is 2.77. The van der Waals surface area contributed by atoms with Crippen LogP contribution in [0.4, 0.5) is 0 Å². The molecule has 24 heavy (non-hydrogen) atoms. The molecule has 1 aliphatic carbocycles. The van der Waals surface area contributed by atoms with Crippen LogP contribution in [0.15, 0.2) is 31.0 Å². The number of aromatic nitrogens is 5. The average molecular weight is 432 g/mol. The Kier molecular flexibility index (Phi) is 4.22. The molecule has 1 saturated carbocycles. The van der Waals surface area contributed by atoms with Crippen molar-refractivity contribution in [1.82, 2.24) is 22.5 Å². The molecule has 0 amide bonds. The van der Waals surface area contributed by atoms with Gasteiger partial charge in [-0.2, -0.15) is 10.4 Å². The second-order valence-electron chi connectivity index (χ2n) is 6.27. The summed E-state index contributed by atoms with van der Waals surface area (Å²) in [5.74, 6) is 0.554. The number of halogens is 1. The molecule has 3 aromatic heterocycles. The molecule has 0 aliphatic heterocycles. The summed E-state index contributed by atoms with van der Waals surface area (Å²) in [4.78, 5) is 8.80. The van der Waals surface area contributed by atoms with Crippen molar-refractivity contribution in [3.05, 3.63) is 31.0 Å². The van der Waals surface area contributed by atoms with Crippen LogP contribution in [-0.2, 0) is 0 Å². The van der Waals surface area contributed by atoms with Crippen LogP contribution in [0.3, 0.4) is 0 Å². The number of hydrogen-bond donors (Lipinski definition) is 0. The van der Waals surface area contributed by atoms with Gasteiger partial charge in [0.1, 0.15) is 6.33 Å². The quantitative estimate of drug-likeness (QED) is 0.581. The minimum absolute atomic E-state index is 0.165. The molecule has 1 fully saturated rings. The Bertz CT molecular complexity index is 899. The number of hydrogen-bond acceptors (Lipinski definition) is 4. The van der Waals surface area contributed by atoms with E-state index in [1.807, 2.05) is 32.1 Å². The second-order valence-corrected chi connectivity index (χ2v) is 7.31. The molecule has 0 spiro atoms. The van der Waals surface area contributed by atoms with E-state index in [2.05, 4.69) is 44.0 Å². The van der Waals surface area contributed by atoms with Crippen LogP contribution in [0.25, 0.3) is 22.3 Å². The number of rotatable bonds is 4. The van der Waals surface area contributed by atoms with E-state index < -0.39 is 0 Å². The van der Waals surface area contributed by atoms with Crippen molar-refractivity contribution < 1.29 is 0 Å². The predicted molar refractivity (Wildman–Crippen MR) is 99.4 cm³/mol. The normalized spacial score (nSPS) is 16.5. The smallest absolute Gasteiger partial charge is 0.152 e. The Morgan fingerprint density at radius 1 is 1.33 bits per heavy atom. The van der Waals surface area contributed by atoms with Gasteiger partial charge >= 0.3 is 0 Å². The third-order valence-electron chi connectivity index (χ3n) is 4.90.